The van der Waals surface area contributed by atoms with E-state index in [4.69, 9.17) is 5.11 Å². The van der Waals surface area contributed by atoms with E-state index in [0.29, 0.717) is 6.07 Å². The van der Waals surface area contributed by atoms with Gasteiger partial charge < -0.3 is 9.84 Å². The summed E-state index contributed by atoms with van der Waals surface area (Å²) in [6.07, 6.45) is -3.82. The van der Waals surface area contributed by atoms with E-state index in [1.165, 1.54) is 7.05 Å². The van der Waals surface area contributed by atoms with Crippen LogP contribution >= 0.6 is 0 Å². The smallest absolute Gasteiger partial charge is 0.417 e. The Kier molecular flexibility index (Phi) is 3.58. The largest absolute Gasteiger partial charge is 0.493 e. The molecule has 0 aliphatic heterocycles. The third-order valence-corrected chi connectivity index (χ3v) is 2.75. The molecule has 0 spiro atoms. The van der Waals surface area contributed by atoms with E-state index in [2.05, 4.69) is 14.8 Å². The Labute approximate surface area is 116 Å². The lowest BCUT2D eigenvalue weighted by molar-refractivity contribution is -0.137. The monoisotopic (exact) mass is 301 g/mol. The summed E-state index contributed by atoms with van der Waals surface area (Å²) in [5.41, 5.74) is -1.48. The molecule has 0 fully saturated rings. The maximum Gasteiger partial charge on any atom is 0.417 e. The van der Waals surface area contributed by atoms with Crippen molar-refractivity contribution in [3.8, 4) is 17.1 Å². The Morgan fingerprint density at radius 1 is 1.38 bits per heavy atom. The van der Waals surface area contributed by atoms with Crippen LogP contribution in [0.5, 0.6) is 5.88 Å². The number of methoxy groups -OCH3 is 1. The lowest BCUT2D eigenvalue weighted by atomic mass is 10.1. The molecule has 0 atom stereocenters. The van der Waals surface area contributed by atoms with Gasteiger partial charge in [0, 0.05) is 24.9 Å². The highest BCUT2D eigenvalue weighted by molar-refractivity contribution is 5.88. The first-order chi connectivity index (χ1) is 9.74. The summed E-state index contributed by atoms with van der Waals surface area (Å²) in [5, 5.41) is 12.9. The molecule has 0 bridgehead atoms. The zero-order valence-electron chi connectivity index (χ0n) is 11.0. The van der Waals surface area contributed by atoms with Gasteiger partial charge in [0.15, 0.2) is 5.69 Å². The number of esters is 1. The van der Waals surface area contributed by atoms with Crippen LogP contribution in [0.2, 0.25) is 0 Å². The third-order valence-electron chi connectivity index (χ3n) is 2.75. The molecule has 2 heterocycles. The van der Waals surface area contributed by atoms with Gasteiger partial charge in [-0.05, 0) is 6.07 Å². The van der Waals surface area contributed by atoms with E-state index in [1.54, 1.807) is 0 Å². The Balaban J connectivity index is 2.62. The summed E-state index contributed by atoms with van der Waals surface area (Å²) in [4.78, 5) is 14.8. The van der Waals surface area contributed by atoms with Crippen LogP contribution in [0.15, 0.2) is 18.3 Å². The van der Waals surface area contributed by atoms with Crippen LogP contribution in [-0.4, -0.2) is 33.0 Å². The highest BCUT2D eigenvalue weighted by atomic mass is 19.4. The molecule has 0 saturated heterocycles. The molecule has 2 aromatic heterocycles. The molecule has 0 aromatic carbocycles. The van der Waals surface area contributed by atoms with Gasteiger partial charge in [-0.1, -0.05) is 0 Å². The number of aromatic hydroxyl groups is 1. The van der Waals surface area contributed by atoms with Gasteiger partial charge in [0.1, 0.15) is 0 Å². The molecule has 1 N–H and O–H groups in total. The molecule has 2 aromatic rings. The fraction of sp³-hybridized carbons (Fsp3) is 0.250. The highest BCUT2D eigenvalue weighted by Crippen LogP contribution is 2.38. The minimum Gasteiger partial charge on any atom is -0.493 e. The Hall–Kier alpha value is -2.58. The number of alkyl halides is 3. The van der Waals surface area contributed by atoms with Gasteiger partial charge in [-0.15, -0.1) is 0 Å². The molecule has 0 radical (unpaired) electrons. The quantitative estimate of drug-likeness (QED) is 0.858. The second kappa shape index (κ2) is 5.08. The molecule has 21 heavy (non-hydrogen) atoms. The Bertz CT molecular complexity index is 695. The Morgan fingerprint density at radius 2 is 2.05 bits per heavy atom. The first-order valence-electron chi connectivity index (χ1n) is 5.63. The maximum absolute atomic E-state index is 13.0. The number of nitrogens with zero attached hydrogens (tertiary/aromatic N) is 3. The van der Waals surface area contributed by atoms with Crippen molar-refractivity contribution in [2.45, 2.75) is 6.18 Å². The summed E-state index contributed by atoms with van der Waals surface area (Å²) in [6.45, 7) is 0. The van der Waals surface area contributed by atoms with Crippen molar-refractivity contribution in [1.82, 2.24) is 14.8 Å². The molecule has 0 saturated carbocycles. The molecule has 6 nitrogen and oxygen atoms in total. The van der Waals surface area contributed by atoms with E-state index in [1.807, 2.05) is 0 Å². The van der Waals surface area contributed by atoms with Gasteiger partial charge in [0.25, 0.3) is 0 Å². The summed E-state index contributed by atoms with van der Waals surface area (Å²) in [5.74, 6) is -1.52. The maximum atomic E-state index is 13.0. The average Bonchev–Trinajstić information content (AvgIpc) is 2.79. The van der Waals surface area contributed by atoms with Gasteiger partial charge in [-0.3, -0.25) is 4.68 Å². The van der Waals surface area contributed by atoms with E-state index >= 15 is 0 Å². The zero-order valence-corrected chi connectivity index (χ0v) is 11.0. The number of hydrogen-bond donors (Lipinski definition) is 1. The van der Waals surface area contributed by atoms with Crippen molar-refractivity contribution in [3.05, 3.63) is 29.6 Å². The fourth-order valence-electron chi connectivity index (χ4n) is 1.81. The van der Waals surface area contributed by atoms with Crippen molar-refractivity contribution >= 4 is 5.97 Å². The van der Waals surface area contributed by atoms with Crippen molar-refractivity contribution in [3.63, 3.8) is 0 Å². The fourth-order valence-corrected chi connectivity index (χ4v) is 1.81. The zero-order chi connectivity index (χ0) is 15.8. The molecule has 9 heteroatoms. The van der Waals surface area contributed by atoms with Gasteiger partial charge in [0.05, 0.1) is 18.4 Å². The number of aryl methyl sites for hydroxylation is 1. The van der Waals surface area contributed by atoms with Crippen molar-refractivity contribution < 1.29 is 27.8 Å². The summed E-state index contributed by atoms with van der Waals surface area (Å²) < 4.78 is 44.6. The van der Waals surface area contributed by atoms with Crippen LogP contribution in [0.1, 0.15) is 16.1 Å². The standard InChI is InChI=1S/C12H10F3N3O3/c1-18-9(4-8(17-18)11(20)21-2)6-5-16-10(19)3-7(6)12(13,14)15/h3-5H,1-2H3,(H,16,19). The number of carbonyl (C=O) groups excluding carboxylic acids is 1. The number of hydrogen-bond acceptors (Lipinski definition) is 5. The van der Waals surface area contributed by atoms with Crippen LogP contribution < -0.4 is 0 Å². The summed E-state index contributed by atoms with van der Waals surface area (Å²) in [6, 6.07) is 1.68. The number of carbonyl (C=O) groups is 1. The molecule has 112 valence electrons. The van der Waals surface area contributed by atoms with Gasteiger partial charge in [0.2, 0.25) is 5.88 Å². The summed E-state index contributed by atoms with van der Waals surface area (Å²) in [7, 11) is 2.52. The van der Waals surface area contributed by atoms with Crippen molar-refractivity contribution in [2.24, 2.45) is 7.05 Å². The lowest BCUT2D eigenvalue weighted by Gasteiger charge is -2.12. The number of halogens is 3. The normalized spacial score (nSPS) is 11.5. The second-order valence-electron chi connectivity index (χ2n) is 4.12. The van der Waals surface area contributed by atoms with E-state index < -0.39 is 23.6 Å². The van der Waals surface area contributed by atoms with Crippen LogP contribution in [-0.2, 0) is 18.0 Å². The van der Waals surface area contributed by atoms with Gasteiger partial charge >= 0.3 is 12.1 Å². The summed E-state index contributed by atoms with van der Waals surface area (Å²) >= 11 is 0. The minimum atomic E-state index is -4.69. The SMILES string of the molecule is COC(=O)c1cc(-c2cnc(O)cc2C(F)(F)F)n(C)n1. The van der Waals surface area contributed by atoms with Crippen LogP contribution in [0, 0.1) is 0 Å². The Morgan fingerprint density at radius 3 is 2.62 bits per heavy atom. The van der Waals surface area contributed by atoms with Crippen molar-refractivity contribution in [2.75, 3.05) is 7.11 Å². The first kappa shape index (κ1) is 14.8. The predicted molar refractivity (Wildman–Crippen MR) is 64.4 cm³/mol. The number of ether oxygens (including phenoxy) is 1. The minimum absolute atomic E-state index is 0.0234. The molecular weight excluding hydrogens is 291 g/mol. The van der Waals surface area contributed by atoms with E-state index in [9.17, 15) is 18.0 Å². The van der Waals surface area contributed by atoms with Crippen LogP contribution in [0.3, 0.4) is 0 Å². The topological polar surface area (TPSA) is 77.2 Å². The lowest BCUT2D eigenvalue weighted by Crippen LogP contribution is -2.09. The molecule has 0 unspecified atom stereocenters. The van der Waals surface area contributed by atoms with Crippen LogP contribution in [0.4, 0.5) is 13.2 Å². The molecular formula is C12H10F3N3O3. The molecule has 0 aliphatic carbocycles. The molecule has 0 aliphatic rings. The number of rotatable bonds is 2. The molecule has 0 amide bonds. The van der Waals surface area contributed by atoms with Gasteiger partial charge in [-0.2, -0.15) is 18.3 Å². The van der Waals surface area contributed by atoms with E-state index in [-0.39, 0.29) is 17.0 Å². The second-order valence-corrected chi connectivity index (χ2v) is 4.12. The predicted octanol–water partition coefficient (Wildman–Crippen LogP) is 1.99. The first-order valence-corrected chi connectivity index (χ1v) is 5.63. The van der Waals surface area contributed by atoms with E-state index in [0.717, 1.165) is 24.1 Å². The molecule has 2 rings (SSSR count). The number of aromatic nitrogens is 3. The highest BCUT2D eigenvalue weighted by Gasteiger charge is 2.35. The van der Waals surface area contributed by atoms with Crippen molar-refractivity contribution in [1.29, 1.82) is 0 Å². The number of pyridine rings is 1. The third kappa shape index (κ3) is 2.81. The van der Waals surface area contributed by atoms with Gasteiger partial charge in [-0.25, -0.2) is 9.78 Å². The van der Waals surface area contributed by atoms with Crippen LogP contribution in [0.25, 0.3) is 11.3 Å². The average molecular weight is 301 g/mol.